The lowest BCUT2D eigenvalue weighted by atomic mass is 10.1. The number of methoxy groups -OCH3 is 1. The molecule has 0 unspecified atom stereocenters. The van der Waals surface area contributed by atoms with Crippen molar-refractivity contribution < 1.29 is 13.7 Å². The molecule has 1 N–H and O–H groups in total. The highest BCUT2D eigenvalue weighted by Gasteiger charge is 2.22. The van der Waals surface area contributed by atoms with Gasteiger partial charge in [0.2, 0.25) is 5.89 Å². The largest absolute Gasteiger partial charge is 0.383 e. The van der Waals surface area contributed by atoms with Crippen LogP contribution in [0.3, 0.4) is 0 Å². The van der Waals surface area contributed by atoms with E-state index in [2.05, 4.69) is 15.5 Å². The first-order chi connectivity index (χ1) is 10.0. The molecule has 0 bridgehead atoms. The summed E-state index contributed by atoms with van der Waals surface area (Å²) in [6, 6.07) is 4.23. The number of benzene rings is 1. The predicted molar refractivity (Wildman–Crippen MR) is 76.8 cm³/mol. The molecule has 5 nitrogen and oxygen atoms in total. The lowest BCUT2D eigenvalue weighted by Gasteiger charge is -2.21. The van der Waals surface area contributed by atoms with Crippen LogP contribution >= 0.6 is 11.6 Å². The molecule has 7 heteroatoms. The number of hydrogen-bond donors (Lipinski definition) is 1. The lowest BCUT2D eigenvalue weighted by Crippen LogP contribution is -2.35. The maximum atomic E-state index is 13.7. The molecule has 0 amide bonds. The molecule has 0 aliphatic rings. The summed E-state index contributed by atoms with van der Waals surface area (Å²) in [6.07, 6.45) is 0. The maximum Gasteiger partial charge on any atom is 0.223 e. The Bertz CT molecular complexity index is 606. The molecule has 1 aromatic carbocycles. The third kappa shape index (κ3) is 4.00. The molecule has 0 spiro atoms. The van der Waals surface area contributed by atoms with Crippen LogP contribution in [0.4, 0.5) is 4.39 Å². The Morgan fingerprint density at radius 1 is 1.48 bits per heavy atom. The highest BCUT2D eigenvalue weighted by atomic mass is 35.5. The summed E-state index contributed by atoms with van der Waals surface area (Å²) in [5.74, 6) is 0.406. The summed E-state index contributed by atoms with van der Waals surface area (Å²) in [5.41, 5.74) is 0.667. The van der Waals surface area contributed by atoms with Gasteiger partial charge in [-0.1, -0.05) is 22.8 Å². The molecular formula is C14H17ClFN3O2. The van der Waals surface area contributed by atoms with Crippen LogP contribution in [0.15, 0.2) is 22.7 Å². The van der Waals surface area contributed by atoms with Crippen molar-refractivity contribution >= 4 is 11.6 Å². The molecule has 1 aromatic heterocycles. The van der Waals surface area contributed by atoms with E-state index in [1.54, 1.807) is 20.1 Å². The second-order valence-corrected chi connectivity index (χ2v) is 5.21. The highest BCUT2D eigenvalue weighted by molar-refractivity contribution is 6.30. The van der Waals surface area contributed by atoms with Crippen LogP contribution in [-0.2, 0) is 4.74 Å². The van der Waals surface area contributed by atoms with Crippen LogP contribution in [0.5, 0.6) is 0 Å². The van der Waals surface area contributed by atoms with Crippen molar-refractivity contribution in [2.45, 2.75) is 25.9 Å². The van der Waals surface area contributed by atoms with Crippen molar-refractivity contribution in [3.05, 3.63) is 46.3 Å². The van der Waals surface area contributed by atoms with Crippen molar-refractivity contribution in [3.63, 3.8) is 0 Å². The first-order valence-corrected chi connectivity index (χ1v) is 6.89. The quantitative estimate of drug-likeness (QED) is 0.888. The molecule has 0 saturated carbocycles. The first kappa shape index (κ1) is 15.9. The fourth-order valence-electron chi connectivity index (χ4n) is 2.03. The number of nitrogens with one attached hydrogen (secondary N) is 1. The Balaban J connectivity index is 2.32. The summed E-state index contributed by atoms with van der Waals surface area (Å²) in [7, 11) is 1.62. The lowest BCUT2D eigenvalue weighted by molar-refractivity contribution is 0.168. The second kappa shape index (κ2) is 6.98. The summed E-state index contributed by atoms with van der Waals surface area (Å²) in [6.45, 7) is 4.16. The standard InChI is InChI=1S/C14H17ClFN3O2/c1-8(7-20-3)17-13(14-18-9(2)21-19-14)10-4-5-11(15)12(16)6-10/h4-6,8,13,17H,7H2,1-3H3/t8-,13-/m0/s1. The fraction of sp³-hybridized carbons (Fsp3) is 0.429. The van der Waals surface area contributed by atoms with Crippen LogP contribution in [0, 0.1) is 12.7 Å². The monoisotopic (exact) mass is 313 g/mol. The zero-order valence-corrected chi connectivity index (χ0v) is 12.8. The van der Waals surface area contributed by atoms with Crippen molar-refractivity contribution in [3.8, 4) is 0 Å². The van der Waals surface area contributed by atoms with E-state index < -0.39 is 11.9 Å². The number of aryl methyl sites for hydroxylation is 1. The van der Waals surface area contributed by atoms with Crippen molar-refractivity contribution in [1.82, 2.24) is 15.5 Å². The molecule has 0 saturated heterocycles. The van der Waals surface area contributed by atoms with E-state index in [0.29, 0.717) is 23.9 Å². The maximum absolute atomic E-state index is 13.7. The molecule has 2 aromatic rings. The minimum atomic E-state index is -0.486. The van der Waals surface area contributed by atoms with Gasteiger partial charge in [-0.3, -0.25) is 5.32 Å². The molecule has 1 heterocycles. The van der Waals surface area contributed by atoms with Gasteiger partial charge in [-0.25, -0.2) is 4.39 Å². The van der Waals surface area contributed by atoms with E-state index in [1.807, 2.05) is 6.92 Å². The first-order valence-electron chi connectivity index (χ1n) is 6.51. The Morgan fingerprint density at radius 2 is 2.24 bits per heavy atom. The van der Waals surface area contributed by atoms with Gasteiger partial charge >= 0.3 is 0 Å². The van der Waals surface area contributed by atoms with Gasteiger partial charge in [-0.15, -0.1) is 0 Å². The molecule has 2 atom stereocenters. The van der Waals surface area contributed by atoms with Gasteiger partial charge in [-0.05, 0) is 24.6 Å². The van der Waals surface area contributed by atoms with E-state index in [1.165, 1.54) is 12.1 Å². The van der Waals surface area contributed by atoms with Crippen LogP contribution in [0.2, 0.25) is 5.02 Å². The van der Waals surface area contributed by atoms with Gasteiger partial charge in [0.1, 0.15) is 5.82 Å². The summed E-state index contributed by atoms with van der Waals surface area (Å²) in [4.78, 5) is 4.22. The Kier molecular flexibility index (Phi) is 5.27. The SMILES string of the molecule is COC[C@H](C)N[C@@H](c1ccc(Cl)c(F)c1)c1noc(C)n1. The number of nitrogens with zero attached hydrogens (tertiary/aromatic N) is 2. The fourth-order valence-corrected chi connectivity index (χ4v) is 2.14. The highest BCUT2D eigenvalue weighted by Crippen LogP contribution is 2.24. The van der Waals surface area contributed by atoms with Gasteiger partial charge in [0.15, 0.2) is 5.82 Å². The summed E-state index contributed by atoms with van der Waals surface area (Å²) in [5, 5.41) is 7.28. The normalized spacial score (nSPS) is 14.1. The Labute approximate surface area is 127 Å². The molecule has 0 fully saturated rings. The molecule has 2 rings (SSSR count). The predicted octanol–water partition coefficient (Wildman–Crippen LogP) is 2.88. The third-order valence-electron chi connectivity index (χ3n) is 2.95. The zero-order chi connectivity index (χ0) is 15.4. The molecule has 21 heavy (non-hydrogen) atoms. The number of halogens is 2. The average molecular weight is 314 g/mol. The Morgan fingerprint density at radius 3 is 2.81 bits per heavy atom. The second-order valence-electron chi connectivity index (χ2n) is 4.80. The summed E-state index contributed by atoms with van der Waals surface area (Å²) >= 11 is 5.73. The molecule has 114 valence electrons. The number of aromatic nitrogens is 2. The van der Waals surface area contributed by atoms with Crippen molar-refractivity contribution in [2.75, 3.05) is 13.7 Å². The zero-order valence-electron chi connectivity index (χ0n) is 12.1. The van der Waals surface area contributed by atoms with Gasteiger partial charge < -0.3 is 9.26 Å². The molecular weight excluding hydrogens is 297 g/mol. The van der Waals surface area contributed by atoms with Gasteiger partial charge in [0.25, 0.3) is 0 Å². The average Bonchev–Trinajstić information content (AvgIpc) is 2.86. The van der Waals surface area contributed by atoms with E-state index in [-0.39, 0.29) is 11.1 Å². The smallest absolute Gasteiger partial charge is 0.223 e. The topological polar surface area (TPSA) is 60.2 Å². The number of rotatable bonds is 6. The number of ether oxygens (including phenoxy) is 1. The molecule has 0 aliphatic carbocycles. The van der Waals surface area contributed by atoms with Crippen molar-refractivity contribution in [2.24, 2.45) is 0 Å². The number of hydrogen-bond acceptors (Lipinski definition) is 5. The third-order valence-corrected chi connectivity index (χ3v) is 3.25. The van der Waals surface area contributed by atoms with E-state index in [4.69, 9.17) is 20.9 Å². The molecule has 0 aliphatic heterocycles. The summed E-state index contributed by atoms with van der Waals surface area (Å²) < 4.78 is 23.8. The van der Waals surface area contributed by atoms with Crippen LogP contribution in [0.1, 0.15) is 30.2 Å². The minimum Gasteiger partial charge on any atom is -0.383 e. The van der Waals surface area contributed by atoms with Gasteiger partial charge in [-0.2, -0.15) is 4.98 Å². The van der Waals surface area contributed by atoms with Crippen LogP contribution in [0.25, 0.3) is 0 Å². The van der Waals surface area contributed by atoms with Gasteiger partial charge in [0, 0.05) is 20.1 Å². The van der Waals surface area contributed by atoms with Crippen molar-refractivity contribution in [1.29, 1.82) is 0 Å². The Hall–Kier alpha value is -1.50. The van der Waals surface area contributed by atoms with E-state index >= 15 is 0 Å². The minimum absolute atomic E-state index is 0.0255. The molecule has 0 radical (unpaired) electrons. The van der Waals surface area contributed by atoms with E-state index in [0.717, 1.165) is 0 Å². The van der Waals surface area contributed by atoms with Crippen LogP contribution in [-0.4, -0.2) is 29.9 Å². The van der Waals surface area contributed by atoms with Gasteiger partial charge in [0.05, 0.1) is 17.7 Å². The van der Waals surface area contributed by atoms with Crippen LogP contribution < -0.4 is 5.32 Å². The van der Waals surface area contributed by atoms with E-state index in [9.17, 15) is 4.39 Å².